The lowest BCUT2D eigenvalue weighted by atomic mass is 10.3. The number of nitrogens with zero attached hydrogens (tertiary/aromatic N) is 3. The van der Waals surface area contributed by atoms with Gasteiger partial charge in [-0.25, -0.2) is 9.97 Å². The van der Waals surface area contributed by atoms with E-state index in [1.165, 1.54) is 17.3 Å². The molecule has 0 spiro atoms. The van der Waals surface area contributed by atoms with Crippen LogP contribution >= 0.6 is 0 Å². The average Bonchev–Trinajstić information content (AvgIpc) is 2.25. The first-order chi connectivity index (χ1) is 8.33. The molecule has 0 aromatic carbocycles. The second-order valence-electron chi connectivity index (χ2n) is 4.13. The quantitative estimate of drug-likeness (QED) is 0.885. The standard InChI is InChI=1S/C11H17F3N4/c1-4-15-9-5-10(17-7-16-9)18(8(2)3)6-11(12,13)14/h5,7-8H,4,6H2,1-3H3,(H,15,16,17). The summed E-state index contributed by atoms with van der Waals surface area (Å²) >= 11 is 0. The molecule has 1 rings (SSSR count). The molecule has 102 valence electrons. The van der Waals surface area contributed by atoms with Crippen LogP contribution in [0.4, 0.5) is 24.8 Å². The molecule has 1 N–H and O–H groups in total. The molecule has 18 heavy (non-hydrogen) atoms. The number of hydrogen-bond acceptors (Lipinski definition) is 4. The zero-order valence-corrected chi connectivity index (χ0v) is 10.6. The topological polar surface area (TPSA) is 41.0 Å². The number of nitrogens with one attached hydrogen (secondary N) is 1. The number of hydrogen-bond donors (Lipinski definition) is 1. The number of halogens is 3. The zero-order valence-electron chi connectivity index (χ0n) is 10.6. The molecule has 1 aromatic rings. The van der Waals surface area contributed by atoms with Crippen LogP contribution in [0.25, 0.3) is 0 Å². The third-order valence-electron chi connectivity index (χ3n) is 2.28. The van der Waals surface area contributed by atoms with Crippen LogP contribution in [0.2, 0.25) is 0 Å². The number of aromatic nitrogens is 2. The lowest BCUT2D eigenvalue weighted by molar-refractivity contribution is -0.120. The lowest BCUT2D eigenvalue weighted by Crippen LogP contribution is -2.39. The van der Waals surface area contributed by atoms with E-state index in [0.717, 1.165) is 0 Å². The predicted octanol–water partition coefficient (Wildman–Crippen LogP) is 2.69. The Morgan fingerprint density at radius 2 is 2.00 bits per heavy atom. The Labute approximate surface area is 104 Å². The molecule has 0 atom stereocenters. The van der Waals surface area contributed by atoms with Gasteiger partial charge >= 0.3 is 6.18 Å². The van der Waals surface area contributed by atoms with Crippen molar-refractivity contribution >= 4 is 11.6 Å². The van der Waals surface area contributed by atoms with Crippen molar-refractivity contribution in [3.8, 4) is 0 Å². The summed E-state index contributed by atoms with van der Waals surface area (Å²) in [6, 6.07) is 1.23. The van der Waals surface area contributed by atoms with Crippen LogP contribution < -0.4 is 10.2 Å². The van der Waals surface area contributed by atoms with Crippen molar-refractivity contribution in [1.82, 2.24) is 9.97 Å². The highest BCUT2D eigenvalue weighted by atomic mass is 19.4. The van der Waals surface area contributed by atoms with Gasteiger partial charge in [0.05, 0.1) is 0 Å². The Morgan fingerprint density at radius 1 is 1.33 bits per heavy atom. The van der Waals surface area contributed by atoms with Crippen molar-refractivity contribution in [1.29, 1.82) is 0 Å². The number of alkyl halides is 3. The van der Waals surface area contributed by atoms with Crippen molar-refractivity contribution in [2.24, 2.45) is 0 Å². The minimum Gasteiger partial charge on any atom is -0.370 e. The number of anilines is 2. The van der Waals surface area contributed by atoms with Crippen LogP contribution in [0.15, 0.2) is 12.4 Å². The smallest absolute Gasteiger partial charge is 0.370 e. The van der Waals surface area contributed by atoms with Gasteiger partial charge in [0.15, 0.2) is 0 Å². The molecule has 4 nitrogen and oxygen atoms in total. The van der Waals surface area contributed by atoms with Crippen LogP contribution in [0.5, 0.6) is 0 Å². The van der Waals surface area contributed by atoms with Gasteiger partial charge in [0.2, 0.25) is 0 Å². The largest absolute Gasteiger partial charge is 0.405 e. The van der Waals surface area contributed by atoms with Crippen LogP contribution in [-0.2, 0) is 0 Å². The first-order valence-corrected chi connectivity index (χ1v) is 5.72. The summed E-state index contributed by atoms with van der Waals surface area (Å²) in [5.41, 5.74) is 0. The molecule has 0 bridgehead atoms. The summed E-state index contributed by atoms with van der Waals surface area (Å²) in [4.78, 5) is 9.04. The van der Waals surface area contributed by atoms with E-state index in [9.17, 15) is 13.2 Å². The average molecular weight is 262 g/mol. The Kier molecular flexibility index (Phi) is 4.75. The highest BCUT2D eigenvalue weighted by molar-refractivity contribution is 5.49. The third kappa shape index (κ3) is 4.38. The normalized spacial score (nSPS) is 11.7. The fourth-order valence-corrected chi connectivity index (χ4v) is 1.50. The fraction of sp³-hybridized carbons (Fsp3) is 0.636. The van der Waals surface area contributed by atoms with E-state index < -0.39 is 12.7 Å². The molecule has 0 radical (unpaired) electrons. The van der Waals surface area contributed by atoms with Gasteiger partial charge in [0.1, 0.15) is 24.5 Å². The van der Waals surface area contributed by atoms with Crippen molar-refractivity contribution in [2.45, 2.75) is 33.0 Å². The molecule has 7 heteroatoms. The van der Waals surface area contributed by atoms with Crippen molar-refractivity contribution in [3.05, 3.63) is 12.4 Å². The van der Waals surface area contributed by atoms with Crippen molar-refractivity contribution in [2.75, 3.05) is 23.3 Å². The van der Waals surface area contributed by atoms with E-state index in [-0.39, 0.29) is 11.9 Å². The molecule has 0 saturated heterocycles. The van der Waals surface area contributed by atoms with Crippen LogP contribution in [0, 0.1) is 0 Å². The second kappa shape index (κ2) is 5.88. The lowest BCUT2D eigenvalue weighted by Gasteiger charge is -2.28. The molecule has 0 saturated carbocycles. The summed E-state index contributed by atoms with van der Waals surface area (Å²) in [5.74, 6) is 0.795. The molecule has 1 aromatic heterocycles. The third-order valence-corrected chi connectivity index (χ3v) is 2.28. The van der Waals surface area contributed by atoms with E-state index in [4.69, 9.17) is 0 Å². The van der Waals surface area contributed by atoms with Crippen LogP contribution in [-0.4, -0.2) is 35.3 Å². The molecular weight excluding hydrogens is 245 g/mol. The Balaban J connectivity index is 2.95. The van der Waals surface area contributed by atoms with E-state index >= 15 is 0 Å². The summed E-state index contributed by atoms with van der Waals surface area (Å²) in [5, 5.41) is 2.95. The highest BCUT2D eigenvalue weighted by Crippen LogP contribution is 2.23. The maximum atomic E-state index is 12.5. The molecule has 0 aliphatic heterocycles. The predicted molar refractivity (Wildman–Crippen MR) is 64.7 cm³/mol. The maximum Gasteiger partial charge on any atom is 0.405 e. The SMILES string of the molecule is CCNc1cc(N(CC(F)(F)F)C(C)C)ncn1. The molecule has 0 amide bonds. The van der Waals surface area contributed by atoms with Gasteiger partial charge in [0, 0.05) is 18.7 Å². The Bertz CT molecular complexity index is 379. The van der Waals surface area contributed by atoms with Gasteiger partial charge in [-0.2, -0.15) is 13.2 Å². The van der Waals surface area contributed by atoms with Crippen molar-refractivity contribution in [3.63, 3.8) is 0 Å². The van der Waals surface area contributed by atoms with E-state index in [2.05, 4.69) is 15.3 Å². The van der Waals surface area contributed by atoms with Gasteiger partial charge in [-0.15, -0.1) is 0 Å². The van der Waals surface area contributed by atoms with Crippen molar-refractivity contribution < 1.29 is 13.2 Å². The summed E-state index contributed by atoms with van der Waals surface area (Å²) in [6.07, 6.45) is -2.99. The summed E-state index contributed by atoms with van der Waals surface area (Å²) in [6.45, 7) is 4.91. The number of rotatable bonds is 5. The fourth-order valence-electron chi connectivity index (χ4n) is 1.50. The molecule has 1 heterocycles. The minimum absolute atomic E-state index is 0.272. The summed E-state index contributed by atoms with van der Waals surface area (Å²) in [7, 11) is 0. The summed E-state index contributed by atoms with van der Waals surface area (Å²) < 4.78 is 37.5. The van der Waals surface area contributed by atoms with E-state index in [1.54, 1.807) is 13.8 Å². The molecule has 0 aliphatic carbocycles. The Morgan fingerprint density at radius 3 is 2.50 bits per heavy atom. The second-order valence-corrected chi connectivity index (χ2v) is 4.13. The maximum absolute atomic E-state index is 12.5. The zero-order chi connectivity index (χ0) is 13.8. The molecule has 0 fully saturated rings. The van der Waals surface area contributed by atoms with Gasteiger partial charge in [-0.3, -0.25) is 0 Å². The van der Waals surface area contributed by atoms with Gasteiger partial charge < -0.3 is 10.2 Å². The highest BCUT2D eigenvalue weighted by Gasteiger charge is 2.32. The van der Waals surface area contributed by atoms with Crippen LogP contribution in [0.3, 0.4) is 0 Å². The van der Waals surface area contributed by atoms with Gasteiger partial charge in [-0.05, 0) is 20.8 Å². The Hall–Kier alpha value is -1.53. The van der Waals surface area contributed by atoms with E-state index in [1.807, 2.05) is 6.92 Å². The van der Waals surface area contributed by atoms with Gasteiger partial charge in [-0.1, -0.05) is 0 Å². The first kappa shape index (κ1) is 14.5. The first-order valence-electron chi connectivity index (χ1n) is 5.72. The molecular formula is C11H17F3N4. The van der Waals surface area contributed by atoms with Crippen LogP contribution in [0.1, 0.15) is 20.8 Å². The molecule has 0 aliphatic rings. The van der Waals surface area contributed by atoms with E-state index in [0.29, 0.717) is 12.4 Å². The minimum atomic E-state index is -4.26. The van der Waals surface area contributed by atoms with Gasteiger partial charge in [0.25, 0.3) is 0 Å². The monoisotopic (exact) mass is 262 g/mol. The molecule has 0 unspecified atom stereocenters.